The highest BCUT2D eigenvalue weighted by Gasteiger charge is 2.40. The average molecular weight is 536 g/mol. The molecule has 1 aromatic rings. The number of ketones is 1. The summed E-state index contributed by atoms with van der Waals surface area (Å²) in [5, 5.41) is 0.0835. The van der Waals surface area contributed by atoms with Crippen molar-refractivity contribution in [2.75, 3.05) is 32.8 Å². The van der Waals surface area contributed by atoms with Gasteiger partial charge in [0.2, 0.25) is 0 Å². The maximum absolute atomic E-state index is 14.7. The normalized spacial score (nSPS) is 20.6. The molecule has 192 valence electrons. The van der Waals surface area contributed by atoms with Crippen LogP contribution < -0.4 is 0 Å². The first-order valence-corrected chi connectivity index (χ1v) is 12.1. The first-order chi connectivity index (χ1) is 15.3. The summed E-state index contributed by atoms with van der Waals surface area (Å²) < 4.78 is 19.8. The molecule has 0 bridgehead atoms. The number of Topliss-reactive ketones (excluding diaryl/α,β-unsaturated/α-hetero) is 1. The first-order valence-electron chi connectivity index (χ1n) is 11.6. The van der Waals surface area contributed by atoms with Gasteiger partial charge in [0.15, 0.2) is 5.78 Å². The second-order valence-corrected chi connectivity index (χ2v) is 9.61. The van der Waals surface area contributed by atoms with E-state index >= 15 is 0 Å². The van der Waals surface area contributed by atoms with Crippen LogP contribution in [0.15, 0.2) is 35.9 Å². The number of hydrogen-bond acceptors (Lipinski definition) is 6. The average Bonchev–Trinajstić information content (AvgIpc) is 3.59. The van der Waals surface area contributed by atoms with Gasteiger partial charge in [-0.25, -0.2) is 4.39 Å². The number of carbonyl (C=O) groups excluding carboxylic acids is 2. The number of likely N-dealkylation sites (tertiary alicyclic amines) is 1. The zero-order chi connectivity index (χ0) is 23.3. The summed E-state index contributed by atoms with van der Waals surface area (Å²) in [6.45, 7) is 8.35. The number of halogens is 3. The van der Waals surface area contributed by atoms with Crippen molar-refractivity contribution < 1.29 is 18.7 Å². The van der Waals surface area contributed by atoms with E-state index in [2.05, 4.69) is 11.0 Å². The summed E-state index contributed by atoms with van der Waals surface area (Å²) in [5.74, 6) is -0.396. The Kier molecular flexibility index (Phi) is 13.1. The molecule has 0 amide bonds. The Morgan fingerprint density at radius 3 is 2.50 bits per heavy atom. The van der Waals surface area contributed by atoms with E-state index in [1.807, 2.05) is 18.7 Å². The number of rotatable bonds is 10. The minimum absolute atomic E-state index is 0. The molecular formula is C25H37Cl2FN2O3S. The second kappa shape index (κ2) is 14.4. The lowest BCUT2D eigenvalue weighted by Gasteiger charge is -2.38. The molecule has 2 fully saturated rings. The SMILES string of the molecule is CCOC(=O)CN(CC=C1CN(C(C(=O)C2CC2)c2ccccc2F)CCC1S)C(C)C.Cl.Cl. The van der Waals surface area contributed by atoms with E-state index in [-0.39, 0.29) is 66.1 Å². The molecule has 1 aliphatic carbocycles. The molecule has 3 rings (SSSR count). The zero-order valence-electron chi connectivity index (χ0n) is 20.1. The zero-order valence-corrected chi connectivity index (χ0v) is 22.6. The van der Waals surface area contributed by atoms with E-state index in [9.17, 15) is 14.0 Å². The number of nitrogens with zero attached hydrogens (tertiary/aromatic N) is 2. The predicted molar refractivity (Wildman–Crippen MR) is 142 cm³/mol. The number of carbonyl (C=O) groups is 2. The van der Waals surface area contributed by atoms with Crippen LogP contribution in [-0.4, -0.2) is 65.6 Å². The summed E-state index contributed by atoms with van der Waals surface area (Å²) in [5.41, 5.74) is 1.58. The van der Waals surface area contributed by atoms with Crippen LogP contribution in [0.2, 0.25) is 0 Å². The van der Waals surface area contributed by atoms with Crippen molar-refractivity contribution in [3.8, 4) is 0 Å². The molecule has 2 unspecified atom stereocenters. The van der Waals surface area contributed by atoms with E-state index < -0.39 is 6.04 Å². The van der Waals surface area contributed by atoms with Crippen LogP contribution in [0.25, 0.3) is 0 Å². The minimum atomic E-state index is -0.561. The molecule has 0 spiro atoms. The maximum atomic E-state index is 14.7. The van der Waals surface area contributed by atoms with Crippen molar-refractivity contribution in [3.63, 3.8) is 0 Å². The Hall–Kier alpha value is -1.12. The molecule has 2 aliphatic rings. The Morgan fingerprint density at radius 2 is 1.91 bits per heavy atom. The molecule has 0 N–H and O–H groups in total. The van der Waals surface area contributed by atoms with Gasteiger partial charge < -0.3 is 4.74 Å². The van der Waals surface area contributed by atoms with E-state index in [1.165, 1.54) is 6.07 Å². The number of piperidine rings is 1. The lowest BCUT2D eigenvalue weighted by molar-refractivity contribution is -0.144. The number of ether oxygens (including phenoxy) is 1. The fourth-order valence-electron chi connectivity index (χ4n) is 4.20. The molecular weight excluding hydrogens is 498 g/mol. The number of benzene rings is 1. The van der Waals surface area contributed by atoms with Gasteiger partial charge in [0.25, 0.3) is 0 Å². The third-order valence-corrected chi connectivity index (χ3v) is 6.86. The lowest BCUT2D eigenvalue weighted by Crippen LogP contribution is -2.43. The van der Waals surface area contributed by atoms with Crippen molar-refractivity contribution in [3.05, 3.63) is 47.3 Å². The van der Waals surface area contributed by atoms with Gasteiger partial charge in [-0.3, -0.25) is 19.4 Å². The monoisotopic (exact) mass is 534 g/mol. The van der Waals surface area contributed by atoms with Crippen LogP contribution in [0.3, 0.4) is 0 Å². The van der Waals surface area contributed by atoms with Crippen molar-refractivity contribution in [2.45, 2.75) is 57.4 Å². The Balaban J connectivity index is 0.00000289. The van der Waals surface area contributed by atoms with Crippen LogP contribution in [0.5, 0.6) is 0 Å². The van der Waals surface area contributed by atoms with Gasteiger partial charge >= 0.3 is 5.97 Å². The van der Waals surface area contributed by atoms with Crippen molar-refractivity contribution >= 4 is 49.2 Å². The third-order valence-electron chi connectivity index (χ3n) is 6.27. The quantitative estimate of drug-likeness (QED) is 0.263. The fourth-order valence-corrected chi connectivity index (χ4v) is 4.50. The Bertz CT molecular complexity index is 851. The number of hydrogen-bond donors (Lipinski definition) is 1. The molecule has 1 saturated heterocycles. The van der Waals surface area contributed by atoms with Crippen molar-refractivity contribution in [1.82, 2.24) is 9.80 Å². The lowest BCUT2D eigenvalue weighted by atomic mass is 9.93. The molecule has 5 nitrogen and oxygen atoms in total. The summed E-state index contributed by atoms with van der Waals surface area (Å²) in [6.07, 6.45) is 4.69. The van der Waals surface area contributed by atoms with E-state index in [0.29, 0.717) is 31.8 Å². The molecule has 1 saturated carbocycles. The summed E-state index contributed by atoms with van der Waals surface area (Å²) in [7, 11) is 0. The van der Waals surface area contributed by atoms with Crippen LogP contribution in [0.1, 0.15) is 51.6 Å². The van der Waals surface area contributed by atoms with Gasteiger partial charge in [-0.2, -0.15) is 12.6 Å². The fraction of sp³-hybridized carbons (Fsp3) is 0.600. The van der Waals surface area contributed by atoms with Gasteiger partial charge in [0.05, 0.1) is 19.2 Å². The van der Waals surface area contributed by atoms with Crippen LogP contribution >= 0.6 is 37.4 Å². The molecule has 0 radical (unpaired) electrons. The molecule has 9 heteroatoms. The van der Waals surface area contributed by atoms with Crippen LogP contribution in [0.4, 0.5) is 4.39 Å². The topological polar surface area (TPSA) is 49.9 Å². The highest BCUT2D eigenvalue weighted by Crippen LogP contribution is 2.39. The van der Waals surface area contributed by atoms with Gasteiger partial charge in [-0.1, -0.05) is 24.3 Å². The molecule has 1 aromatic carbocycles. The Labute approximate surface area is 220 Å². The maximum Gasteiger partial charge on any atom is 0.320 e. The van der Waals surface area contributed by atoms with Crippen molar-refractivity contribution in [1.29, 1.82) is 0 Å². The summed E-state index contributed by atoms with van der Waals surface area (Å²) in [4.78, 5) is 29.3. The molecule has 1 heterocycles. The Morgan fingerprint density at radius 1 is 1.24 bits per heavy atom. The molecule has 1 aliphatic heterocycles. The predicted octanol–water partition coefficient (Wildman–Crippen LogP) is 4.89. The summed E-state index contributed by atoms with van der Waals surface area (Å²) in [6, 6.07) is 6.23. The van der Waals surface area contributed by atoms with Gasteiger partial charge in [0.1, 0.15) is 5.82 Å². The van der Waals surface area contributed by atoms with Gasteiger partial charge in [-0.05, 0) is 51.7 Å². The van der Waals surface area contributed by atoms with Crippen LogP contribution in [0, 0.1) is 11.7 Å². The molecule has 2 atom stereocenters. The van der Waals surface area contributed by atoms with E-state index in [1.54, 1.807) is 25.1 Å². The first kappa shape index (κ1) is 30.9. The minimum Gasteiger partial charge on any atom is -0.465 e. The van der Waals surface area contributed by atoms with E-state index in [0.717, 1.165) is 24.8 Å². The van der Waals surface area contributed by atoms with Crippen molar-refractivity contribution in [2.24, 2.45) is 5.92 Å². The molecule has 0 aromatic heterocycles. The number of esters is 1. The van der Waals surface area contributed by atoms with Crippen LogP contribution in [-0.2, 0) is 14.3 Å². The van der Waals surface area contributed by atoms with Gasteiger partial charge in [0, 0.05) is 42.4 Å². The highest BCUT2D eigenvalue weighted by atomic mass is 35.5. The second-order valence-electron chi connectivity index (χ2n) is 8.98. The third kappa shape index (κ3) is 8.23. The number of thiol groups is 1. The standard InChI is InChI=1S/C25H35FN2O3S.2ClH/c1-4-31-23(29)16-27(17(2)3)13-11-19-15-28(14-12-22(19)32)24(25(30)18-9-10-18)20-7-5-6-8-21(20)26;;/h5-8,11,17-18,22,24,32H,4,9-10,12-16H2,1-3H3;2*1H. The molecule has 34 heavy (non-hydrogen) atoms. The smallest absolute Gasteiger partial charge is 0.320 e. The van der Waals surface area contributed by atoms with E-state index in [4.69, 9.17) is 17.4 Å². The summed E-state index contributed by atoms with van der Waals surface area (Å²) >= 11 is 4.77. The van der Waals surface area contributed by atoms with Gasteiger partial charge in [-0.15, -0.1) is 24.8 Å². The largest absolute Gasteiger partial charge is 0.465 e. The highest BCUT2D eigenvalue weighted by molar-refractivity contribution is 7.81.